The molecule has 2 aromatic rings. The van der Waals surface area contributed by atoms with Gasteiger partial charge in [-0.3, -0.25) is 19.3 Å². The molecule has 2 aliphatic heterocycles. The Morgan fingerprint density at radius 2 is 1.76 bits per heavy atom. The van der Waals surface area contributed by atoms with E-state index in [4.69, 9.17) is 17.0 Å². The van der Waals surface area contributed by atoms with Gasteiger partial charge >= 0.3 is 0 Å². The van der Waals surface area contributed by atoms with E-state index in [1.165, 1.54) is 18.9 Å². The molecule has 0 aliphatic carbocycles. The van der Waals surface area contributed by atoms with Gasteiger partial charge in [-0.05, 0) is 29.8 Å². The van der Waals surface area contributed by atoms with Gasteiger partial charge in [0.1, 0.15) is 5.75 Å². The standard InChI is InChI=1S/C21H16N2O4S2/c1-12(24)22-15-8-4-3-7-13(15)14(19(22)25)11-18-20(26)23(21(28)29-18)16-9-5-6-10-17(16)27-2/h3-11,14H,1-2H3. The van der Waals surface area contributed by atoms with E-state index in [2.05, 4.69) is 0 Å². The second-order valence-electron chi connectivity index (χ2n) is 6.44. The van der Waals surface area contributed by atoms with Crippen molar-refractivity contribution in [2.24, 2.45) is 0 Å². The molecule has 2 aliphatic rings. The van der Waals surface area contributed by atoms with Gasteiger partial charge in [-0.25, -0.2) is 4.90 Å². The number of thioether (sulfide) groups is 1. The smallest absolute Gasteiger partial charge is 0.270 e. The second-order valence-corrected chi connectivity index (χ2v) is 8.12. The van der Waals surface area contributed by atoms with Crippen molar-refractivity contribution in [3.63, 3.8) is 0 Å². The van der Waals surface area contributed by atoms with Crippen LogP contribution in [0, 0.1) is 0 Å². The van der Waals surface area contributed by atoms with Crippen molar-refractivity contribution in [1.82, 2.24) is 0 Å². The summed E-state index contributed by atoms with van der Waals surface area (Å²) in [5.74, 6) is -1.26. The highest BCUT2D eigenvalue weighted by Gasteiger charge is 2.41. The molecule has 6 nitrogen and oxygen atoms in total. The highest BCUT2D eigenvalue weighted by Crippen LogP contribution is 2.43. The predicted molar refractivity (Wildman–Crippen MR) is 116 cm³/mol. The zero-order valence-electron chi connectivity index (χ0n) is 15.6. The Hall–Kier alpha value is -2.97. The molecule has 0 radical (unpaired) electrons. The van der Waals surface area contributed by atoms with Crippen LogP contribution in [-0.4, -0.2) is 29.2 Å². The maximum absolute atomic E-state index is 13.1. The van der Waals surface area contributed by atoms with E-state index in [0.717, 1.165) is 16.7 Å². The Balaban J connectivity index is 1.73. The van der Waals surface area contributed by atoms with E-state index < -0.39 is 5.92 Å². The Labute approximate surface area is 177 Å². The predicted octanol–water partition coefficient (Wildman–Crippen LogP) is 3.62. The average Bonchev–Trinajstić information content (AvgIpc) is 3.15. The zero-order valence-corrected chi connectivity index (χ0v) is 17.3. The fourth-order valence-electron chi connectivity index (χ4n) is 3.49. The molecule has 8 heteroatoms. The number of methoxy groups -OCH3 is 1. The number of imide groups is 1. The average molecular weight is 425 g/mol. The lowest BCUT2D eigenvalue weighted by Gasteiger charge is -2.17. The van der Waals surface area contributed by atoms with E-state index in [0.29, 0.717) is 31.9 Å². The summed E-state index contributed by atoms with van der Waals surface area (Å²) in [4.78, 5) is 40.9. The lowest BCUT2D eigenvalue weighted by Crippen LogP contribution is -2.33. The number of benzene rings is 2. The summed E-state index contributed by atoms with van der Waals surface area (Å²) in [6, 6.07) is 14.2. The first-order valence-electron chi connectivity index (χ1n) is 8.78. The summed E-state index contributed by atoms with van der Waals surface area (Å²) in [6.45, 7) is 1.35. The molecule has 0 spiro atoms. The van der Waals surface area contributed by atoms with Crippen LogP contribution in [0.25, 0.3) is 0 Å². The minimum Gasteiger partial charge on any atom is -0.495 e. The topological polar surface area (TPSA) is 66.9 Å². The van der Waals surface area contributed by atoms with Crippen LogP contribution >= 0.6 is 24.0 Å². The van der Waals surface area contributed by atoms with E-state index in [-0.39, 0.29) is 17.7 Å². The van der Waals surface area contributed by atoms with Crippen LogP contribution in [0.4, 0.5) is 11.4 Å². The lowest BCUT2D eigenvalue weighted by molar-refractivity contribution is -0.125. The van der Waals surface area contributed by atoms with Crippen LogP contribution < -0.4 is 14.5 Å². The molecule has 4 rings (SSSR count). The highest BCUT2D eigenvalue weighted by molar-refractivity contribution is 8.27. The number of carbonyl (C=O) groups is 3. The maximum atomic E-state index is 13.1. The van der Waals surface area contributed by atoms with Gasteiger partial charge < -0.3 is 4.74 Å². The molecular formula is C21H16N2O4S2. The molecular weight excluding hydrogens is 408 g/mol. The van der Waals surface area contributed by atoms with E-state index in [1.807, 2.05) is 0 Å². The Morgan fingerprint density at radius 1 is 1.10 bits per heavy atom. The first-order chi connectivity index (χ1) is 13.9. The number of carbonyl (C=O) groups excluding carboxylic acids is 3. The molecule has 1 saturated heterocycles. The first-order valence-corrected chi connectivity index (χ1v) is 10.0. The van der Waals surface area contributed by atoms with Gasteiger partial charge in [-0.1, -0.05) is 54.3 Å². The number of rotatable bonds is 3. The van der Waals surface area contributed by atoms with Crippen molar-refractivity contribution < 1.29 is 19.1 Å². The fraction of sp³-hybridized carbons (Fsp3) is 0.143. The van der Waals surface area contributed by atoms with Gasteiger partial charge in [0, 0.05) is 6.92 Å². The number of ether oxygens (including phenoxy) is 1. The molecule has 2 heterocycles. The summed E-state index contributed by atoms with van der Waals surface area (Å²) in [5.41, 5.74) is 1.78. The first kappa shape index (κ1) is 19.4. The van der Waals surface area contributed by atoms with Crippen molar-refractivity contribution in [2.75, 3.05) is 16.9 Å². The Kier molecular flexibility index (Phi) is 4.97. The third-order valence-corrected chi connectivity index (χ3v) is 6.07. The third-order valence-electron chi connectivity index (χ3n) is 4.75. The SMILES string of the molecule is COc1ccccc1N1C(=O)C(=CC2C(=O)N(C(C)=O)c3ccccc32)SC1=S. The minimum atomic E-state index is -0.720. The Bertz CT molecular complexity index is 1100. The van der Waals surface area contributed by atoms with Crippen molar-refractivity contribution in [2.45, 2.75) is 12.8 Å². The largest absolute Gasteiger partial charge is 0.495 e. The molecule has 3 amide bonds. The number of hydrogen-bond acceptors (Lipinski definition) is 6. The number of amides is 3. The highest BCUT2D eigenvalue weighted by atomic mass is 32.2. The van der Waals surface area contributed by atoms with E-state index >= 15 is 0 Å². The van der Waals surface area contributed by atoms with Gasteiger partial charge in [0.05, 0.1) is 29.3 Å². The van der Waals surface area contributed by atoms with Gasteiger partial charge in [-0.15, -0.1) is 0 Å². The van der Waals surface area contributed by atoms with E-state index in [9.17, 15) is 14.4 Å². The summed E-state index contributed by atoms with van der Waals surface area (Å²) in [5, 5.41) is 0. The molecule has 1 atom stereocenters. The molecule has 146 valence electrons. The summed E-state index contributed by atoms with van der Waals surface area (Å²) >= 11 is 6.55. The van der Waals surface area contributed by atoms with Crippen LogP contribution in [0.2, 0.25) is 0 Å². The van der Waals surface area contributed by atoms with Gasteiger partial charge in [-0.2, -0.15) is 0 Å². The molecule has 0 aromatic heterocycles. The molecule has 1 fully saturated rings. The van der Waals surface area contributed by atoms with E-state index in [1.54, 1.807) is 54.6 Å². The quantitative estimate of drug-likeness (QED) is 0.554. The van der Waals surface area contributed by atoms with Crippen molar-refractivity contribution in [3.8, 4) is 5.75 Å². The molecule has 0 N–H and O–H groups in total. The number of fused-ring (bicyclic) bond motifs is 1. The summed E-state index contributed by atoms with van der Waals surface area (Å²) in [6.07, 6.45) is 1.60. The van der Waals surface area contributed by atoms with Gasteiger partial charge in [0.15, 0.2) is 4.32 Å². The number of hydrogen-bond donors (Lipinski definition) is 0. The zero-order chi connectivity index (χ0) is 20.7. The normalized spacial score (nSPS) is 19.9. The van der Waals surface area contributed by atoms with Crippen LogP contribution in [0.3, 0.4) is 0 Å². The summed E-state index contributed by atoms with van der Waals surface area (Å²) in [7, 11) is 1.52. The lowest BCUT2D eigenvalue weighted by atomic mass is 10.00. The monoisotopic (exact) mass is 424 g/mol. The van der Waals surface area contributed by atoms with Gasteiger partial charge in [0.25, 0.3) is 5.91 Å². The van der Waals surface area contributed by atoms with Crippen LogP contribution in [0.1, 0.15) is 18.4 Å². The number of anilines is 2. The minimum absolute atomic E-state index is 0.323. The van der Waals surface area contributed by atoms with Crippen molar-refractivity contribution in [3.05, 3.63) is 65.1 Å². The van der Waals surface area contributed by atoms with Crippen molar-refractivity contribution >= 4 is 57.4 Å². The molecule has 0 saturated carbocycles. The van der Waals surface area contributed by atoms with Crippen LogP contribution in [0.15, 0.2) is 59.5 Å². The maximum Gasteiger partial charge on any atom is 0.270 e. The molecule has 0 bridgehead atoms. The third kappa shape index (κ3) is 3.14. The number of para-hydroxylation sites is 3. The van der Waals surface area contributed by atoms with Crippen LogP contribution in [-0.2, 0) is 14.4 Å². The van der Waals surface area contributed by atoms with Crippen LogP contribution in [0.5, 0.6) is 5.75 Å². The number of nitrogens with zero attached hydrogens (tertiary/aromatic N) is 2. The molecule has 2 aromatic carbocycles. The number of thiocarbonyl (C=S) groups is 1. The second kappa shape index (κ2) is 7.46. The molecule has 29 heavy (non-hydrogen) atoms. The van der Waals surface area contributed by atoms with Crippen molar-refractivity contribution in [1.29, 1.82) is 0 Å². The van der Waals surface area contributed by atoms with Gasteiger partial charge in [0.2, 0.25) is 11.8 Å². The molecule has 1 unspecified atom stereocenters. The Morgan fingerprint density at radius 3 is 2.45 bits per heavy atom. The summed E-state index contributed by atoms with van der Waals surface area (Å²) < 4.78 is 5.70. The fourth-order valence-corrected chi connectivity index (χ4v) is 4.78.